The van der Waals surface area contributed by atoms with E-state index in [1.54, 1.807) is 12.1 Å². The Hall–Kier alpha value is -3.30. The molecule has 0 unspecified atom stereocenters. The maximum absolute atomic E-state index is 12.5. The number of halogens is 2. The Morgan fingerprint density at radius 2 is 1.34 bits per heavy atom. The number of carbonyl (C=O) groups excluding carboxylic acids is 3. The molecular formula is C20H22F2N2O5. The van der Waals surface area contributed by atoms with Gasteiger partial charge in [0, 0.05) is 5.56 Å². The van der Waals surface area contributed by atoms with E-state index in [4.69, 9.17) is 0 Å². The molecule has 0 saturated carbocycles. The Labute approximate surface area is 167 Å². The van der Waals surface area contributed by atoms with Crippen molar-refractivity contribution in [3.8, 4) is 0 Å². The van der Waals surface area contributed by atoms with Gasteiger partial charge in [-0.25, -0.2) is 14.7 Å². The number of hydrogen-bond acceptors (Lipinski definition) is 7. The number of nitrogens with zero attached hydrogens (tertiary/aromatic N) is 1. The van der Waals surface area contributed by atoms with Crippen LogP contribution >= 0.6 is 0 Å². The van der Waals surface area contributed by atoms with Crippen molar-refractivity contribution in [2.24, 2.45) is 11.1 Å². The molecule has 0 saturated heterocycles. The van der Waals surface area contributed by atoms with E-state index in [1.165, 1.54) is 56.5 Å². The molecule has 0 aliphatic rings. The minimum atomic E-state index is -0.319. The molecule has 0 atom stereocenters. The first kappa shape index (κ1) is 25.7. The van der Waals surface area contributed by atoms with E-state index in [9.17, 15) is 23.2 Å². The number of ketones is 2. The summed E-state index contributed by atoms with van der Waals surface area (Å²) >= 11 is 0. The van der Waals surface area contributed by atoms with E-state index in [0.29, 0.717) is 11.8 Å². The van der Waals surface area contributed by atoms with Crippen molar-refractivity contribution in [2.45, 2.75) is 13.8 Å². The Bertz CT molecular complexity index is 778. The van der Waals surface area contributed by atoms with Crippen molar-refractivity contribution in [2.75, 3.05) is 13.2 Å². The summed E-state index contributed by atoms with van der Waals surface area (Å²) in [5, 5.41) is 3.54. The Morgan fingerprint density at radius 1 is 0.897 bits per heavy atom. The largest absolute Gasteiger partial charge is 0.388 e. The van der Waals surface area contributed by atoms with Gasteiger partial charge in [-0.05, 0) is 55.8 Å². The predicted octanol–water partition coefficient (Wildman–Crippen LogP) is 2.87. The lowest BCUT2D eigenvalue weighted by Crippen LogP contribution is -2.07. The molecule has 0 fully saturated rings. The summed E-state index contributed by atoms with van der Waals surface area (Å²) in [5.74, 6) is 3.74. The fourth-order valence-corrected chi connectivity index (χ4v) is 1.43. The van der Waals surface area contributed by atoms with Gasteiger partial charge in [0.2, 0.25) is 0 Å². The summed E-state index contributed by atoms with van der Waals surface area (Å²) in [5.41, 5.74) is 1.21. The van der Waals surface area contributed by atoms with Crippen LogP contribution in [0.5, 0.6) is 0 Å². The molecule has 2 aromatic rings. The van der Waals surface area contributed by atoms with Crippen LogP contribution < -0.4 is 5.90 Å². The molecule has 0 aliphatic heterocycles. The Balaban J connectivity index is 0.000000448. The molecule has 156 valence electrons. The number of rotatable bonds is 7. The monoisotopic (exact) mass is 406 g/mol. The lowest BCUT2D eigenvalue weighted by molar-refractivity contribution is -0.122. The first-order chi connectivity index (χ1) is 13.8. The maximum Gasteiger partial charge on any atom is 0.174 e. The van der Waals surface area contributed by atoms with Crippen molar-refractivity contribution in [1.82, 2.24) is 0 Å². The zero-order valence-electron chi connectivity index (χ0n) is 16.0. The van der Waals surface area contributed by atoms with Crippen LogP contribution in [0.1, 0.15) is 29.8 Å². The van der Waals surface area contributed by atoms with Crippen LogP contribution in [-0.2, 0) is 19.3 Å². The van der Waals surface area contributed by atoms with Crippen molar-refractivity contribution in [3.05, 3.63) is 71.3 Å². The van der Waals surface area contributed by atoms with E-state index in [-0.39, 0.29) is 36.4 Å². The van der Waals surface area contributed by atoms with Gasteiger partial charge in [0.05, 0.1) is 6.21 Å². The summed E-state index contributed by atoms with van der Waals surface area (Å²) < 4.78 is 24.6. The average molecular weight is 406 g/mol. The lowest BCUT2D eigenvalue weighted by Gasteiger charge is -1.94. The molecule has 0 radical (unpaired) electrons. The second-order valence-corrected chi connectivity index (χ2v) is 5.44. The zero-order chi connectivity index (χ0) is 22.1. The van der Waals surface area contributed by atoms with E-state index in [1.807, 2.05) is 0 Å². The Morgan fingerprint density at radius 3 is 1.69 bits per heavy atom. The van der Waals surface area contributed by atoms with Crippen molar-refractivity contribution < 1.29 is 32.8 Å². The smallest absolute Gasteiger partial charge is 0.174 e. The van der Waals surface area contributed by atoms with E-state index in [0.717, 1.165) is 5.56 Å². The number of carbonyl (C=O) groups is 3. The molecule has 0 spiro atoms. The van der Waals surface area contributed by atoms with Crippen molar-refractivity contribution >= 4 is 24.1 Å². The van der Waals surface area contributed by atoms with E-state index >= 15 is 0 Å². The second-order valence-electron chi connectivity index (χ2n) is 5.44. The quantitative estimate of drug-likeness (QED) is 0.430. The maximum atomic E-state index is 12.5. The average Bonchev–Trinajstić information content (AvgIpc) is 2.68. The highest BCUT2D eigenvalue weighted by Crippen LogP contribution is 2.00. The molecule has 0 aromatic heterocycles. The van der Waals surface area contributed by atoms with Gasteiger partial charge < -0.3 is 4.84 Å². The van der Waals surface area contributed by atoms with Gasteiger partial charge in [0.25, 0.3) is 0 Å². The third-order valence-electron chi connectivity index (χ3n) is 2.71. The van der Waals surface area contributed by atoms with Gasteiger partial charge in [0.15, 0.2) is 18.2 Å². The minimum absolute atomic E-state index is 0.0139. The highest BCUT2D eigenvalue weighted by Gasteiger charge is 1.91. The summed E-state index contributed by atoms with van der Waals surface area (Å²) in [4.78, 5) is 38.9. The number of Topliss-reactive ketones (excluding diaryl/α,β-unsaturated/α-hetero) is 2. The summed E-state index contributed by atoms with van der Waals surface area (Å²) in [6, 6.07) is 11.2. The van der Waals surface area contributed by atoms with Crippen LogP contribution in [0.2, 0.25) is 0 Å². The summed E-state index contributed by atoms with van der Waals surface area (Å²) in [7, 11) is 0. The fraction of sp³-hybridized carbons (Fsp3) is 0.200. The first-order valence-electron chi connectivity index (χ1n) is 8.20. The van der Waals surface area contributed by atoms with Crippen LogP contribution in [0, 0.1) is 11.6 Å². The minimum Gasteiger partial charge on any atom is -0.388 e. The normalized spacial score (nSPS) is 9.55. The number of nitrogens with two attached hydrogens (primary N) is 1. The highest BCUT2D eigenvalue weighted by atomic mass is 18.2. The molecule has 0 aliphatic carbocycles. The lowest BCUT2D eigenvalue weighted by atomic mass is 10.2. The van der Waals surface area contributed by atoms with Gasteiger partial charge in [-0.1, -0.05) is 17.3 Å². The molecule has 0 bridgehead atoms. The van der Waals surface area contributed by atoms with Gasteiger partial charge in [-0.3, -0.25) is 19.2 Å². The fourth-order valence-electron chi connectivity index (χ4n) is 1.43. The molecule has 2 N–H and O–H groups in total. The third-order valence-corrected chi connectivity index (χ3v) is 2.71. The number of aldehydes is 1. The molecule has 2 aromatic carbocycles. The number of oxime groups is 1. The van der Waals surface area contributed by atoms with Gasteiger partial charge >= 0.3 is 0 Å². The van der Waals surface area contributed by atoms with E-state index < -0.39 is 0 Å². The molecule has 2 rings (SSSR count). The Kier molecular flexibility index (Phi) is 13.9. The predicted molar refractivity (Wildman–Crippen MR) is 103 cm³/mol. The van der Waals surface area contributed by atoms with Crippen LogP contribution in [0.4, 0.5) is 8.78 Å². The molecule has 7 nitrogen and oxygen atoms in total. The first-order valence-corrected chi connectivity index (χ1v) is 8.20. The molecule has 0 amide bonds. The standard InChI is InChI=1S/C10H10FNO2.C7H5FO.C3H7NO2/c1-8(13)7-14-12-6-9-2-4-10(11)5-3-9;8-7-3-1-6(5-9)2-4-7;1-3(5)2-6-4/h2-6H,7H2,1H3;1-5H;2,4H2,1H3/b12-6+;;/i11-1;8-1;. The van der Waals surface area contributed by atoms with E-state index in [2.05, 4.69) is 20.7 Å². The van der Waals surface area contributed by atoms with Crippen LogP contribution in [0.25, 0.3) is 0 Å². The molecule has 29 heavy (non-hydrogen) atoms. The van der Waals surface area contributed by atoms with Gasteiger partial charge in [-0.15, -0.1) is 0 Å². The molecule has 9 heteroatoms. The van der Waals surface area contributed by atoms with Crippen molar-refractivity contribution in [1.29, 1.82) is 0 Å². The van der Waals surface area contributed by atoms with Crippen LogP contribution in [0.3, 0.4) is 0 Å². The SMILES string of the molecule is CC(=O)CO/N=C/c1ccc([18F])cc1.CC(=O)CON.O=Cc1ccc([18F])cc1. The molecular weight excluding hydrogens is 384 g/mol. The summed E-state index contributed by atoms with van der Waals surface area (Å²) in [6.07, 6.45) is 2.10. The molecule has 0 heterocycles. The topological polar surface area (TPSA) is 108 Å². The number of hydrogen-bond donors (Lipinski definition) is 1. The second kappa shape index (κ2) is 15.7. The van der Waals surface area contributed by atoms with Crippen LogP contribution in [-0.4, -0.2) is 37.3 Å². The van der Waals surface area contributed by atoms with Gasteiger partial charge in [-0.2, -0.15) is 0 Å². The highest BCUT2D eigenvalue weighted by molar-refractivity contribution is 5.79. The van der Waals surface area contributed by atoms with Crippen LogP contribution in [0.15, 0.2) is 53.7 Å². The summed E-state index contributed by atoms with van der Waals surface area (Å²) in [6.45, 7) is 2.79. The van der Waals surface area contributed by atoms with Crippen molar-refractivity contribution in [3.63, 3.8) is 0 Å². The zero-order valence-corrected chi connectivity index (χ0v) is 16.0. The third kappa shape index (κ3) is 15.5. The van der Waals surface area contributed by atoms with Gasteiger partial charge in [0.1, 0.15) is 24.5 Å². The number of benzene rings is 2.